The van der Waals surface area contributed by atoms with Crippen LogP contribution in [0.2, 0.25) is 5.02 Å². The fraction of sp³-hybridized carbons (Fsp3) is 0.0588. The largest absolute Gasteiger partial charge is 0.496 e. The Morgan fingerprint density at radius 1 is 1.35 bits per heavy atom. The molecule has 1 amide bonds. The first kappa shape index (κ1) is 17.1. The molecule has 4 nitrogen and oxygen atoms in total. The van der Waals surface area contributed by atoms with Gasteiger partial charge in [-0.3, -0.25) is 4.79 Å². The number of amides is 1. The number of nitriles is 1. The number of rotatable bonds is 4. The van der Waals surface area contributed by atoms with Gasteiger partial charge in [0.05, 0.1) is 7.11 Å². The quantitative estimate of drug-likeness (QED) is 0.609. The first-order chi connectivity index (χ1) is 11.0. The lowest BCUT2D eigenvalue weighted by molar-refractivity contribution is -0.112. The Balaban J connectivity index is 2.30. The highest BCUT2D eigenvalue weighted by Gasteiger charge is 2.11. The van der Waals surface area contributed by atoms with Gasteiger partial charge in [-0.25, -0.2) is 0 Å². The third-order valence-corrected chi connectivity index (χ3v) is 3.67. The van der Waals surface area contributed by atoms with E-state index in [4.69, 9.17) is 16.3 Å². The van der Waals surface area contributed by atoms with Gasteiger partial charge in [0.25, 0.3) is 5.91 Å². The standard InChI is InChI=1S/C17H12BrClN2O2/c1-23-16-6-5-14(19)8-11(16)7-12(10-20)17(22)21-15-4-2-3-13(18)9-15/h2-9H,1H3,(H,21,22)/b12-7-. The van der Waals surface area contributed by atoms with Crippen molar-refractivity contribution < 1.29 is 9.53 Å². The van der Waals surface area contributed by atoms with Crippen LogP contribution in [0.3, 0.4) is 0 Å². The molecule has 23 heavy (non-hydrogen) atoms. The van der Waals surface area contributed by atoms with E-state index in [2.05, 4.69) is 21.2 Å². The van der Waals surface area contributed by atoms with Crippen molar-refractivity contribution in [1.29, 1.82) is 5.26 Å². The third-order valence-electron chi connectivity index (χ3n) is 2.94. The fourth-order valence-corrected chi connectivity index (χ4v) is 2.47. The molecule has 0 aliphatic carbocycles. The summed E-state index contributed by atoms with van der Waals surface area (Å²) in [5.74, 6) is 0.0186. The fourth-order valence-electron chi connectivity index (χ4n) is 1.89. The van der Waals surface area contributed by atoms with Crippen molar-refractivity contribution in [2.24, 2.45) is 0 Å². The monoisotopic (exact) mass is 390 g/mol. The topological polar surface area (TPSA) is 62.1 Å². The van der Waals surface area contributed by atoms with Crippen LogP contribution in [-0.4, -0.2) is 13.0 Å². The molecule has 0 fully saturated rings. The van der Waals surface area contributed by atoms with E-state index in [1.165, 1.54) is 13.2 Å². The van der Waals surface area contributed by atoms with Crippen molar-refractivity contribution >= 4 is 45.2 Å². The van der Waals surface area contributed by atoms with Gasteiger partial charge in [-0.1, -0.05) is 33.6 Å². The second-order valence-electron chi connectivity index (χ2n) is 4.52. The molecule has 0 radical (unpaired) electrons. The number of ether oxygens (including phenoxy) is 1. The predicted octanol–water partition coefficient (Wildman–Crippen LogP) is 4.66. The molecule has 0 saturated heterocycles. The normalized spacial score (nSPS) is 10.8. The summed E-state index contributed by atoms with van der Waals surface area (Å²) in [6, 6.07) is 14.0. The van der Waals surface area contributed by atoms with Gasteiger partial charge in [-0.15, -0.1) is 0 Å². The first-order valence-corrected chi connectivity index (χ1v) is 7.73. The van der Waals surface area contributed by atoms with Crippen LogP contribution >= 0.6 is 27.5 Å². The van der Waals surface area contributed by atoms with Crippen molar-refractivity contribution in [1.82, 2.24) is 0 Å². The summed E-state index contributed by atoms with van der Waals surface area (Å²) < 4.78 is 6.04. The molecular weight excluding hydrogens is 380 g/mol. The SMILES string of the molecule is COc1ccc(Cl)cc1/C=C(/C#N)C(=O)Nc1cccc(Br)c1. The summed E-state index contributed by atoms with van der Waals surface area (Å²) in [5, 5.41) is 12.4. The Morgan fingerprint density at radius 2 is 2.13 bits per heavy atom. The van der Waals surface area contributed by atoms with E-state index in [0.29, 0.717) is 22.0 Å². The zero-order valence-electron chi connectivity index (χ0n) is 12.1. The summed E-state index contributed by atoms with van der Waals surface area (Å²) in [6.45, 7) is 0. The minimum Gasteiger partial charge on any atom is -0.496 e. The molecule has 116 valence electrons. The van der Waals surface area contributed by atoms with Crippen LogP contribution in [0.1, 0.15) is 5.56 Å². The number of halogens is 2. The van der Waals surface area contributed by atoms with Crippen molar-refractivity contribution in [2.75, 3.05) is 12.4 Å². The van der Waals surface area contributed by atoms with Crippen LogP contribution in [-0.2, 0) is 4.79 Å². The van der Waals surface area contributed by atoms with Crippen molar-refractivity contribution in [3.05, 3.63) is 63.1 Å². The van der Waals surface area contributed by atoms with E-state index < -0.39 is 5.91 Å². The van der Waals surface area contributed by atoms with Gasteiger partial charge in [0.15, 0.2) is 0 Å². The van der Waals surface area contributed by atoms with Crippen LogP contribution in [0.5, 0.6) is 5.75 Å². The number of carbonyl (C=O) groups excluding carboxylic acids is 1. The predicted molar refractivity (Wildman–Crippen MR) is 94.4 cm³/mol. The van der Waals surface area contributed by atoms with Crippen LogP contribution in [0.25, 0.3) is 6.08 Å². The van der Waals surface area contributed by atoms with Crippen LogP contribution in [0, 0.1) is 11.3 Å². The number of benzene rings is 2. The number of nitrogens with one attached hydrogen (secondary N) is 1. The summed E-state index contributed by atoms with van der Waals surface area (Å²) in [5.41, 5.74) is 1.09. The average molecular weight is 392 g/mol. The second kappa shape index (κ2) is 7.82. The highest BCUT2D eigenvalue weighted by Crippen LogP contribution is 2.25. The van der Waals surface area contributed by atoms with Crippen molar-refractivity contribution in [2.45, 2.75) is 0 Å². The summed E-state index contributed by atoms with van der Waals surface area (Å²) in [7, 11) is 1.51. The molecule has 0 spiro atoms. The molecule has 0 heterocycles. The Labute approximate surface area is 147 Å². The van der Waals surface area contributed by atoms with Gasteiger partial charge < -0.3 is 10.1 Å². The number of hydrogen-bond acceptors (Lipinski definition) is 3. The molecule has 6 heteroatoms. The van der Waals surface area contributed by atoms with Gasteiger partial charge in [0, 0.05) is 20.7 Å². The number of hydrogen-bond donors (Lipinski definition) is 1. The average Bonchev–Trinajstić information content (AvgIpc) is 2.52. The van der Waals surface area contributed by atoms with E-state index in [1.807, 2.05) is 12.1 Å². The van der Waals surface area contributed by atoms with E-state index >= 15 is 0 Å². The third kappa shape index (κ3) is 4.59. The highest BCUT2D eigenvalue weighted by atomic mass is 79.9. The molecule has 1 N–H and O–H groups in total. The highest BCUT2D eigenvalue weighted by molar-refractivity contribution is 9.10. The maximum atomic E-state index is 12.3. The van der Waals surface area contributed by atoms with Crippen LogP contribution in [0.4, 0.5) is 5.69 Å². The molecule has 2 aromatic rings. The van der Waals surface area contributed by atoms with Crippen LogP contribution in [0.15, 0.2) is 52.5 Å². The first-order valence-electron chi connectivity index (χ1n) is 6.55. The van der Waals surface area contributed by atoms with Crippen molar-refractivity contribution in [3.63, 3.8) is 0 Å². The number of carbonyl (C=O) groups is 1. The summed E-state index contributed by atoms with van der Waals surface area (Å²) in [6.07, 6.45) is 1.44. The minimum atomic E-state index is -0.507. The Morgan fingerprint density at radius 3 is 2.78 bits per heavy atom. The minimum absolute atomic E-state index is 0.0504. The van der Waals surface area contributed by atoms with Gasteiger partial charge in [0.1, 0.15) is 17.4 Å². The molecule has 2 aromatic carbocycles. The summed E-state index contributed by atoms with van der Waals surface area (Å²) in [4.78, 5) is 12.3. The molecule has 0 saturated carbocycles. The second-order valence-corrected chi connectivity index (χ2v) is 5.87. The van der Waals surface area contributed by atoms with Gasteiger partial charge in [-0.2, -0.15) is 5.26 Å². The summed E-state index contributed by atoms with van der Waals surface area (Å²) >= 11 is 9.28. The number of nitrogens with zero attached hydrogens (tertiary/aromatic N) is 1. The van der Waals surface area contributed by atoms with Gasteiger partial charge in [0.2, 0.25) is 0 Å². The zero-order chi connectivity index (χ0) is 16.8. The molecule has 0 aliphatic rings. The maximum Gasteiger partial charge on any atom is 0.266 e. The number of anilines is 1. The maximum absolute atomic E-state index is 12.3. The Kier molecular flexibility index (Phi) is 5.80. The lowest BCUT2D eigenvalue weighted by atomic mass is 10.1. The lowest BCUT2D eigenvalue weighted by Gasteiger charge is -2.07. The lowest BCUT2D eigenvalue weighted by Crippen LogP contribution is -2.13. The molecular formula is C17H12BrClN2O2. The van der Waals surface area contributed by atoms with E-state index in [9.17, 15) is 10.1 Å². The van der Waals surface area contributed by atoms with Crippen molar-refractivity contribution in [3.8, 4) is 11.8 Å². The molecule has 2 rings (SSSR count). The Hall–Kier alpha value is -2.29. The smallest absolute Gasteiger partial charge is 0.266 e. The molecule has 0 unspecified atom stereocenters. The number of methoxy groups -OCH3 is 1. The van der Waals surface area contributed by atoms with E-state index in [0.717, 1.165) is 4.47 Å². The molecule has 0 atom stereocenters. The molecule has 0 bridgehead atoms. The van der Waals surface area contributed by atoms with E-state index in [1.54, 1.807) is 36.4 Å². The van der Waals surface area contributed by atoms with E-state index in [-0.39, 0.29) is 5.57 Å². The Bertz CT molecular complexity index is 812. The van der Waals surface area contributed by atoms with Gasteiger partial charge >= 0.3 is 0 Å². The molecule has 0 aliphatic heterocycles. The van der Waals surface area contributed by atoms with Crippen LogP contribution < -0.4 is 10.1 Å². The zero-order valence-corrected chi connectivity index (χ0v) is 14.5. The van der Waals surface area contributed by atoms with Gasteiger partial charge in [-0.05, 0) is 42.5 Å². The molecule has 0 aromatic heterocycles.